The molecule has 0 fully saturated rings. The molecule has 90 valence electrons. The highest BCUT2D eigenvalue weighted by Crippen LogP contribution is 2.18. The minimum atomic E-state index is 0.551. The number of rotatable bonds is 5. The summed E-state index contributed by atoms with van der Waals surface area (Å²) >= 11 is 1.81. The molecule has 2 aromatic rings. The first-order valence-corrected chi connectivity index (χ1v) is 6.23. The summed E-state index contributed by atoms with van der Waals surface area (Å²) in [5.41, 5.74) is 2.47. The number of nitrogen functional groups attached to an aromatic ring is 1. The van der Waals surface area contributed by atoms with Gasteiger partial charge in [0.1, 0.15) is 5.82 Å². The number of nitrogens with zero attached hydrogens (tertiary/aromatic N) is 2. The van der Waals surface area contributed by atoms with Crippen LogP contribution in [0.4, 0.5) is 11.6 Å². The van der Waals surface area contributed by atoms with Gasteiger partial charge >= 0.3 is 0 Å². The zero-order valence-corrected chi connectivity index (χ0v) is 10.4. The Morgan fingerprint density at radius 2 is 2.00 bits per heavy atom. The second-order valence-electron chi connectivity index (χ2n) is 3.51. The van der Waals surface area contributed by atoms with E-state index in [1.807, 2.05) is 11.3 Å². The maximum atomic E-state index is 5.27. The van der Waals surface area contributed by atoms with Crippen LogP contribution in [0.5, 0.6) is 0 Å². The van der Waals surface area contributed by atoms with Gasteiger partial charge in [-0.05, 0) is 18.6 Å². The molecule has 2 aromatic heterocycles. The molecule has 0 aliphatic rings. The van der Waals surface area contributed by atoms with E-state index in [1.165, 1.54) is 9.75 Å². The molecule has 5 nitrogen and oxygen atoms in total. The smallest absolute Gasteiger partial charge is 0.160 e. The fourth-order valence-corrected chi connectivity index (χ4v) is 2.30. The van der Waals surface area contributed by atoms with Crippen LogP contribution >= 0.6 is 11.3 Å². The third-order valence-electron chi connectivity index (χ3n) is 2.29. The van der Waals surface area contributed by atoms with Crippen LogP contribution in [0.1, 0.15) is 16.7 Å². The van der Waals surface area contributed by atoms with Crippen LogP contribution in [0.2, 0.25) is 0 Å². The molecule has 0 atom stereocenters. The zero-order chi connectivity index (χ0) is 12.1. The second kappa shape index (κ2) is 5.60. The van der Waals surface area contributed by atoms with Crippen LogP contribution < -0.4 is 16.6 Å². The van der Waals surface area contributed by atoms with Crippen LogP contribution in [0.3, 0.4) is 0 Å². The maximum absolute atomic E-state index is 5.27. The maximum Gasteiger partial charge on any atom is 0.160 e. The molecule has 0 unspecified atom stereocenters. The Kier molecular flexibility index (Phi) is 3.89. The minimum Gasteiger partial charge on any atom is -0.364 e. The molecule has 0 aromatic carbocycles. The molecule has 0 saturated carbocycles. The lowest BCUT2D eigenvalue weighted by atomic mass is 10.3. The first kappa shape index (κ1) is 11.8. The van der Waals surface area contributed by atoms with E-state index in [0.717, 1.165) is 13.0 Å². The van der Waals surface area contributed by atoms with E-state index in [0.29, 0.717) is 11.6 Å². The molecule has 0 amide bonds. The van der Waals surface area contributed by atoms with Crippen LogP contribution in [0.15, 0.2) is 24.5 Å². The molecule has 4 N–H and O–H groups in total. The average Bonchev–Trinajstić information content (AvgIpc) is 2.84. The predicted octanol–water partition coefficient (Wildman–Crippen LogP) is 2.00. The second-order valence-corrected chi connectivity index (χ2v) is 4.76. The van der Waals surface area contributed by atoms with Gasteiger partial charge in [-0.15, -0.1) is 11.3 Å². The summed E-state index contributed by atoms with van der Waals surface area (Å²) < 4.78 is 0. The summed E-state index contributed by atoms with van der Waals surface area (Å²) in [4.78, 5) is 10.9. The number of hydrazine groups is 1. The first-order chi connectivity index (χ1) is 8.31. The molecule has 0 bridgehead atoms. The van der Waals surface area contributed by atoms with Crippen LogP contribution in [-0.2, 0) is 13.0 Å². The van der Waals surface area contributed by atoms with Gasteiger partial charge in [0.25, 0.3) is 0 Å². The first-order valence-electron chi connectivity index (χ1n) is 5.42. The Labute approximate surface area is 104 Å². The lowest BCUT2D eigenvalue weighted by Crippen LogP contribution is -2.10. The molecule has 0 spiro atoms. The van der Waals surface area contributed by atoms with E-state index < -0.39 is 0 Å². The van der Waals surface area contributed by atoms with Gasteiger partial charge in [0.15, 0.2) is 5.82 Å². The van der Waals surface area contributed by atoms with Crippen LogP contribution in [-0.4, -0.2) is 9.97 Å². The standard InChI is InChI=1S/C11H15N5S/c1-2-8-3-4-9(17-8)5-14-10-6-13-7-11(15-10)16-12/h3-4,6-7H,2,5,12H2,1H3,(H2,14,15,16). The SMILES string of the molecule is CCc1ccc(CNc2cncc(NN)n2)s1. The molecular weight excluding hydrogens is 234 g/mol. The van der Waals surface area contributed by atoms with E-state index in [9.17, 15) is 0 Å². The van der Waals surface area contributed by atoms with Crippen LogP contribution in [0.25, 0.3) is 0 Å². The third-order valence-corrected chi connectivity index (χ3v) is 3.52. The lowest BCUT2D eigenvalue weighted by Gasteiger charge is -2.04. The van der Waals surface area contributed by atoms with Crippen molar-refractivity contribution in [3.63, 3.8) is 0 Å². The van der Waals surface area contributed by atoms with Gasteiger partial charge < -0.3 is 10.7 Å². The largest absolute Gasteiger partial charge is 0.364 e. The summed E-state index contributed by atoms with van der Waals surface area (Å²) in [5, 5.41) is 3.21. The number of hydrogen-bond donors (Lipinski definition) is 3. The Bertz CT molecular complexity index is 482. The van der Waals surface area contributed by atoms with Crippen molar-refractivity contribution in [1.82, 2.24) is 9.97 Å². The normalized spacial score (nSPS) is 10.2. The third kappa shape index (κ3) is 3.15. The Morgan fingerprint density at radius 3 is 2.71 bits per heavy atom. The van der Waals surface area contributed by atoms with Crippen molar-refractivity contribution in [2.24, 2.45) is 5.84 Å². The highest BCUT2D eigenvalue weighted by molar-refractivity contribution is 7.12. The van der Waals surface area contributed by atoms with Crippen molar-refractivity contribution in [2.75, 3.05) is 10.7 Å². The van der Waals surface area contributed by atoms with E-state index in [4.69, 9.17) is 5.84 Å². The quantitative estimate of drug-likeness (QED) is 0.558. The molecule has 6 heteroatoms. The minimum absolute atomic E-state index is 0.551. The van der Waals surface area contributed by atoms with Crippen molar-refractivity contribution in [2.45, 2.75) is 19.9 Å². The van der Waals surface area contributed by atoms with Crippen molar-refractivity contribution < 1.29 is 0 Å². The molecular formula is C11H15N5S. The Hall–Kier alpha value is -1.66. The van der Waals surface area contributed by atoms with Crippen molar-refractivity contribution in [3.05, 3.63) is 34.3 Å². The molecule has 17 heavy (non-hydrogen) atoms. The number of nitrogens with one attached hydrogen (secondary N) is 2. The monoisotopic (exact) mass is 249 g/mol. The highest BCUT2D eigenvalue weighted by atomic mass is 32.1. The Balaban J connectivity index is 1.96. The number of aromatic nitrogens is 2. The number of anilines is 2. The summed E-state index contributed by atoms with van der Waals surface area (Å²) in [6.45, 7) is 2.91. The van der Waals surface area contributed by atoms with Crippen molar-refractivity contribution >= 4 is 23.0 Å². The van der Waals surface area contributed by atoms with Gasteiger partial charge in [0.2, 0.25) is 0 Å². The molecule has 0 aliphatic carbocycles. The predicted molar refractivity (Wildman–Crippen MR) is 70.9 cm³/mol. The topological polar surface area (TPSA) is 75.9 Å². The average molecular weight is 249 g/mol. The molecule has 2 rings (SSSR count). The van der Waals surface area contributed by atoms with Gasteiger partial charge in [-0.1, -0.05) is 6.92 Å². The molecule has 0 saturated heterocycles. The highest BCUT2D eigenvalue weighted by Gasteiger charge is 2.00. The Morgan fingerprint density at radius 1 is 1.24 bits per heavy atom. The van der Waals surface area contributed by atoms with Crippen molar-refractivity contribution in [1.29, 1.82) is 0 Å². The van der Waals surface area contributed by atoms with Gasteiger partial charge in [-0.2, -0.15) is 0 Å². The van der Waals surface area contributed by atoms with E-state index in [2.05, 4.69) is 39.8 Å². The van der Waals surface area contributed by atoms with E-state index in [1.54, 1.807) is 12.4 Å². The zero-order valence-electron chi connectivity index (χ0n) is 9.60. The molecule has 0 aliphatic heterocycles. The molecule has 0 radical (unpaired) electrons. The fourth-order valence-electron chi connectivity index (χ4n) is 1.41. The van der Waals surface area contributed by atoms with Gasteiger partial charge in [-0.3, -0.25) is 4.98 Å². The lowest BCUT2D eigenvalue weighted by molar-refractivity contribution is 1.09. The van der Waals surface area contributed by atoms with Gasteiger partial charge in [0, 0.05) is 9.75 Å². The number of thiophene rings is 1. The van der Waals surface area contributed by atoms with E-state index >= 15 is 0 Å². The summed E-state index contributed by atoms with van der Waals surface area (Å²) in [6.07, 6.45) is 4.33. The summed E-state index contributed by atoms with van der Waals surface area (Å²) in [6, 6.07) is 4.29. The fraction of sp³-hybridized carbons (Fsp3) is 0.273. The van der Waals surface area contributed by atoms with E-state index in [-0.39, 0.29) is 0 Å². The van der Waals surface area contributed by atoms with Gasteiger partial charge in [-0.25, -0.2) is 10.8 Å². The molecule has 2 heterocycles. The van der Waals surface area contributed by atoms with Gasteiger partial charge in [0.05, 0.1) is 18.9 Å². The van der Waals surface area contributed by atoms with Crippen molar-refractivity contribution in [3.8, 4) is 0 Å². The number of nitrogens with two attached hydrogens (primary N) is 1. The van der Waals surface area contributed by atoms with Crippen LogP contribution in [0, 0.1) is 0 Å². The summed E-state index contributed by atoms with van der Waals surface area (Å²) in [5.74, 6) is 6.54. The number of hydrogen-bond acceptors (Lipinski definition) is 6. The summed E-state index contributed by atoms with van der Waals surface area (Å²) in [7, 11) is 0. The number of aryl methyl sites for hydroxylation is 1.